The molecule has 0 amide bonds. The van der Waals surface area contributed by atoms with E-state index in [9.17, 15) is 4.39 Å². The molecule has 1 aliphatic rings. The van der Waals surface area contributed by atoms with Crippen LogP contribution in [0.1, 0.15) is 25.3 Å². The molecule has 0 spiro atoms. The highest BCUT2D eigenvalue weighted by Crippen LogP contribution is 2.30. The summed E-state index contributed by atoms with van der Waals surface area (Å²) >= 11 is 3.23. The molecule has 0 N–H and O–H groups in total. The van der Waals surface area contributed by atoms with Crippen LogP contribution in [0.25, 0.3) is 0 Å². The minimum atomic E-state index is -0.186. The third-order valence-electron chi connectivity index (χ3n) is 3.05. The molecule has 1 aromatic rings. The average molecular weight is 286 g/mol. The van der Waals surface area contributed by atoms with Crippen LogP contribution in [-0.2, 0) is 6.54 Å². The van der Waals surface area contributed by atoms with Gasteiger partial charge in [0.15, 0.2) is 0 Å². The largest absolute Gasteiger partial charge is 0.299 e. The zero-order valence-corrected chi connectivity index (χ0v) is 11.1. The lowest BCUT2D eigenvalue weighted by molar-refractivity contribution is 0.268. The Morgan fingerprint density at radius 3 is 2.75 bits per heavy atom. The van der Waals surface area contributed by atoms with Gasteiger partial charge in [-0.05, 0) is 58.9 Å². The Kier molecular flexibility index (Phi) is 3.98. The molecular weight excluding hydrogens is 269 g/mol. The van der Waals surface area contributed by atoms with Gasteiger partial charge in [-0.25, -0.2) is 4.39 Å². The summed E-state index contributed by atoms with van der Waals surface area (Å²) in [7, 11) is 0. The quantitative estimate of drug-likeness (QED) is 0.795. The summed E-state index contributed by atoms with van der Waals surface area (Å²) in [6.07, 6.45) is 2.76. The molecule has 0 unspecified atom stereocenters. The SMILES string of the molecule is CCN(Cc1ccc(F)c(Br)c1)CC1CC1. The first-order chi connectivity index (χ1) is 7.69. The molecule has 16 heavy (non-hydrogen) atoms. The first-order valence-corrected chi connectivity index (χ1v) is 6.64. The Morgan fingerprint density at radius 2 is 2.19 bits per heavy atom. The van der Waals surface area contributed by atoms with Crippen molar-refractivity contribution in [2.45, 2.75) is 26.3 Å². The first kappa shape index (κ1) is 12.1. The van der Waals surface area contributed by atoms with E-state index in [4.69, 9.17) is 0 Å². The van der Waals surface area contributed by atoms with Crippen molar-refractivity contribution in [2.75, 3.05) is 13.1 Å². The number of hydrogen-bond acceptors (Lipinski definition) is 1. The van der Waals surface area contributed by atoms with E-state index in [1.165, 1.54) is 31.0 Å². The van der Waals surface area contributed by atoms with E-state index in [-0.39, 0.29) is 5.82 Å². The molecule has 0 heterocycles. The van der Waals surface area contributed by atoms with Crippen LogP contribution in [0.2, 0.25) is 0 Å². The van der Waals surface area contributed by atoms with Gasteiger partial charge in [-0.2, -0.15) is 0 Å². The van der Waals surface area contributed by atoms with Crippen LogP contribution < -0.4 is 0 Å². The number of nitrogens with zero attached hydrogens (tertiary/aromatic N) is 1. The third kappa shape index (κ3) is 3.29. The van der Waals surface area contributed by atoms with Crippen molar-refractivity contribution in [1.82, 2.24) is 4.90 Å². The smallest absolute Gasteiger partial charge is 0.137 e. The van der Waals surface area contributed by atoms with Gasteiger partial charge in [-0.3, -0.25) is 4.90 Å². The van der Waals surface area contributed by atoms with Gasteiger partial charge in [0, 0.05) is 13.1 Å². The fourth-order valence-corrected chi connectivity index (χ4v) is 2.29. The molecule has 0 radical (unpaired) electrons. The minimum absolute atomic E-state index is 0.186. The Labute approximate surface area is 105 Å². The lowest BCUT2D eigenvalue weighted by Gasteiger charge is -2.20. The van der Waals surface area contributed by atoms with Crippen molar-refractivity contribution in [3.8, 4) is 0 Å². The van der Waals surface area contributed by atoms with E-state index in [1.54, 1.807) is 0 Å². The summed E-state index contributed by atoms with van der Waals surface area (Å²) < 4.78 is 13.6. The van der Waals surface area contributed by atoms with Crippen LogP contribution in [0.15, 0.2) is 22.7 Å². The molecule has 1 aliphatic carbocycles. The lowest BCUT2D eigenvalue weighted by atomic mass is 10.2. The number of hydrogen-bond donors (Lipinski definition) is 0. The standard InChI is InChI=1S/C13H17BrFN/c1-2-16(8-10-3-4-10)9-11-5-6-13(15)12(14)7-11/h5-7,10H,2-4,8-9H2,1H3. The number of benzene rings is 1. The summed E-state index contributed by atoms with van der Waals surface area (Å²) in [6, 6.07) is 5.28. The summed E-state index contributed by atoms with van der Waals surface area (Å²) in [6.45, 7) is 5.35. The van der Waals surface area contributed by atoms with Gasteiger partial charge < -0.3 is 0 Å². The second-order valence-electron chi connectivity index (χ2n) is 4.52. The summed E-state index contributed by atoms with van der Waals surface area (Å²) in [5.41, 5.74) is 1.18. The van der Waals surface area contributed by atoms with E-state index in [0.717, 1.165) is 19.0 Å². The summed E-state index contributed by atoms with van der Waals surface area (Å²) in [5.74, 6) is 0.720. The maximum absolute atomic E-state index is 13.1. The molecule has 88 valence electrons. The van der Waals surface area contributed by atoms with Crippen LogP contribution in [0.5, 0.6) is 0 Å². The topological polar surface area (TPSA) is 3.24 Å². The van der Waals surface area contributed by atoms with Gasteiger partial charge >= 0.3 is 0 Å². The fraction of sp³-hybridized carbons (Fsp3) is 0.538. The first-order valence-electron chi connectivity index (χ1n) is 5.85. The van der Waals surface area contributed by atoms with Crippen LogP contribution in [0.3, 0.4) is 0 Å². The molecule has 2 rings (SSSR count). The molecule has 1 nitrogen and oxygen atoms in total. The van der Waals surface area contributed by atoms with Crippen LogP contribution in [-0.4, -0.2) is 18.0 Å². The molecule has 1 aromatic carbocycles. The Morgan fingerprint density at radius 1 is 1.44 bits per heavy atom. The van der Waals surface area contributed by atoms with E-state index in [0.29, 0.717) is 4.47 Å². The van der Waals surface area contributed by atoms with Gasteiger partial charge in [0.1, 0.15) is 5.82 Å². The van der Waals surface area contributed by atoms with Gasteiger partial charge in [0.05, 0.1) is 4.47 Å². The van der Waals surface area contributed by atoms with Crippen molar-refractivity contribution in [3.63, 3.8) is 0 Å². The fourth-order valence-electron chi connectivity index (χ4n) is 1.87. The second-order valence-corrected chi connectivity index (χ2v) is 5.37. The van der Waals surface area contributed by atoms with Crippen molar-refractivity contribution in [1.29, 1.82) is 0 Å². The second kappa shape index (κ2) is 5.28. The molecule has 0 bridgehead atoms. The van der Waals surface area contributed by atoms with Crippen molar-refractivity contribution in [3.05, 3.63) is 34.1 Å². The van der Waals surface area contributed by atoms with Gasteiger partial charge in [-0.15, -0.1) is 0 Å². The predicted octanol–water partition coefficient (Wildman–Crippen LogP) is 3.82. The van der Waals surface area contributed by atoms with Gasteiger partial charge in [-0.1, -0.05) is 13.0 Å². The Hall–Kier alpha value is -0.410. The average Bonchev–Trinajstić information content (AvgIpc) is 3.06. The summed E-state index contributed by atoms with van der Waals surface area (Å²) in [4.78, 5) is 2.43. The van der Waals surface area contributed by atoms with Crippen LogP contribution >= 0.6 is 15.9 Å². The number of halogens is 2. The van der Waals surface area contributed by atoms with Gasteiger partial charge in [0.2, 0.25) is 0 Å². The van der Waals surface area contributed by atoms with Crippen molar-refractivity contribution in [2.24, 2.45) is 5.92 Å². The molecule has 1 fully saturated rings. The van der Waals surface area contributed by atoms with E-state index >= 15 is 0 Å². The van der Waals surface area contributed by atoms with Crippen LogP contribution in [0, 0.1) is 11.7 Å². The molecule has 0 saturated heterocycles. The molecule has 0 aromatic heterocycles. The van der Waals surface area contributed by atoms with E-state index in [1.807, 2.05) is 12.1 Å². The minimum Gasteiger partial charge on any atom is -0.299 e. The van der Waals surface area contributed by atoms with Crippen molar-refractivity contribution >= 4 is 15.9 Å². The highest BCUT2D eigenvalue weighted by Gasteiger charge is 2.23. The monoisotopic (exact) mass is 285 g/mol. The molecule has 0 atom stereocenters. The zero-order valence-electron chi connectivity index (χ0n) is 9.55. The Balaban J connectivity index is 1.97. The highest BCUT2D eigenvalue weighted by atomic mass is 79.9. The molecule has 3 heteroatoms. The number of rotatable bonds is 5. The highest BCUT2D eigenvalue weighted by molar-refractivity contribution is 9.10. The van der Waals surface area contributed by atoms with E-state index in [2.05, 4.69) is 27.8 Å². The molecule has 1 saturated carbocycles. The maximum atomic E-state index is 13.1. The summed E-state index contributed by atoms with van der Waals surface area (Å²) in [5, 5.41) is 0. The lowest BCUT2D eigenvalue weighted by Crippen LogP contribution is -2.25. The molecule has 0 aliphatic heterocycles. The maximum Gasteiger partial charge on any atom is 0.137 e. The zero-order chi connectivity index (χ0) is 11.5. The van der Waals surface area contributed by atoms with Gasteiger partial charge in [0.25, 0.3) is 0 Å². The van der Waals surface area contributed by atoms with Crippen molar-refractivity contribution < 1.29 is 4.39 Å². The van der Waals surface area contributed by atoms with E-state index < -0.39 is 0 Å². The third-order valence-corrected chi connectivity index (χ3v) is 3.66. The normalized spacial score (nSPS) is 15.8. The predicted molar refractivity (Wildman–Crippen MR) is 67.8 cm³/mol. The molecular formula is C13H17BrFN. The van der Waals surface area contributed by atoms with Crippen LogP contribution in [0.4, 0.5) is 4.39 Å². The Bertz CT molecular complexity index is 363.